The second-order valence-electron chi connectivity index (χ2n) is 5.16. The Labute approximate surface area is 108 Å². The maximum Gasteiger partial charge on any atom is 0.304 e. The van der Waals surface area contributed by atoms with Gasteiger partial charge < -0.3 is 5.11 Å². The molecule has 3 heteroatoms. The lowest BCUT2D eigenvalue weighted by Gasteiger charge is -2.32. The summed E-state index contributed by atoms with van der Waals surface area (Å²) in [5.74, 6) is 0.0733. The molecular formula is C15H21NO2. The topological polar surface area (TPSA) is 40.5 Å². The summed E-state index contributed by atoms with van der Waals surface area (Å²) in [6.07, 6.45) is 4.18. The number of aliphatic carboxylic acids is 1. The standard InChI is InChI=1S/C15H21NO2/c17-15(18)9-10-16(12-14-7-4-8-14)11-13-5-2-1-3-6-13/h1-3,5-6,14H,4,7-12H2,(H,17,18). The van der Waals surface area contributed by atoms with Crippen molar-refractivity contribution in [2.75, 3.05) is 13.1 Å². The molecule has 1 aromatic carbocycles. The first-order chi connectivity index (χ1) is 8.74. The number of carbonyl (C=O) groups is 1. The first-order valence-electron chi connectivity index (χ1n) is 6.72. The van der Waals surface area contributed by atoms with Crippen molar-refractivity contribution in [3.63, 3.8) is 0 Å². The summed E-state index contributed by atoms with van der Waals surface area (Å²) >= 11 is 0. The van der Waals surface area contributed by atoms with Gasteiger partial charge in [-0.25, -0.2) is 0 Å². The Bertz CT molecular complexity index is 373. The maximum atomic E-state index is 10.7. The molecule has 1 aromatic rings. The van der Waals surface area contributed by atoms with Crippen LogP contribution in [0.4, 0.5) is 0 Å². The van der Waals surface area contributed by atoms with E-state index < -0.39 is 5.97 Å². The van der Waals surface area contributed by atoms with E-state index in [1.54, 1.807) is 0 Å². The molecule has 0 spiro atoms. The average molecular weight is 247 g/mol. The smallest absolute Gasteiger partial charge is 0.304 e. The molecule has 0 atom stereocenters. The van der Waals surface area contributed by atoms with Gasteiger partial charge in [0.15, 0.2) is 0 Å². The fraction of sp³-hybridized carbons (Fsp3) is 0.533. The highest BCUT2D eigenvalue weighted by Crippen LogP contribution is 2.27. The van der Waals surface area contributed by atoms with E-state index >= 15 is 0 Å². The van der Waals surface area contributed by atoms with Crippen LogP contribution >= 0.6 is 0 Å². The Hall–Kier alpha value is -1.35. The Balaban J connectivity index is 1.88. The highest BCUT2D eigenvalue weighted by Gasteiger charge is 2.21. The van der Waals surface area contributed by atoms with Gasteiger partial charge in [-0.15, -0.1) is 0 Å². The number of hydrogen-bond acceptors (Lipinski definition) is 2. The monoisotopic (exact) mass is 247 g/mol. The van der Waals surface area contributed by atoms with Gasteiger partial charge in [-0.3, -0.25) is 9.69 Å². The van der Waals surface area contributed by atoms with Crippen LogP contribution in [0.25, 0.3) is 0 Å². The van der Waals surface area contributed by atoms with Gasteiger partial charge in [-0.1, -0.05) is 36.8 Å². The molecule has 0 aliphatic heterocycles. The van der Waals surface area contributed by atoms with Crippen molar-refractivity contribution in [2.24, 2.45) is 5.92 Å². The molecule has 0 amide bonds. The molecule has 2 rings (SSSR count). The zero-order valence-corrected chi connectivity index (χ0v) is 10.7. The van der Waals surface area contributed by atoms with Crippen LogP contribution < -0.4 is 0 Å². The molecule has 0 bridgehead atoms. The zero-order valence-electron chi connectivity index (χ0n) is 10.7. The van der Waals surface area contributed by atoms with Crippen molar-refractivity contribution >= 4 is 5.97 Å². The first kappa shape index (κ1) is 13.1. The molecule has 1 saturated carbocycles. The van der Waals surface area contributed by atoms with Crippen LogP contribution in [0.5, 0.6) is 0 Å². The Kier molecular flexibility index (Phi) is 4.76. The third kappa shape index (κ3) is 4.15. The summed E-state index contributed by atoms with van der Waals surface area (Å²) in [5.41, 5.74) is 1.27. The number of benzene rings is 1. The molecule has 98 valence electrons. The molecule has 1 aliphatic rings. The van der Waals surface area contributed by atoms with Crippen molar-refractivity contribution < 1.29 is 9.90 Å². The van der Waals surface area contributed by atoms with E-state index in [4.69, 9.17) is 5.11 Å². The van der Waals surface area contributed by atoms with E-state index in [0.717, 1.165) is 19.0 Å². The lowest BCUT2D eigenvalue weighted by atomic mass is 9.85. The summed E-state index contributed by atoms with van der Waals surface area (Å²) in [5, 5.41) is 8.81. The highest BCUT2D eigenvalue weighted by atomic mass is 16.4. The minimum Gasteiger partial charge on any atom is -0.481 e. The van der Waals surface area contributed by atoms with Crippen molar-refractivity contribution in [1.29, 1.82) is 0 Å². The highest BCUT2D eigenvalue weighted by molar-refractivity contribution is 5.66. The van der Waals surface area contributed by atoms with Gasteiger partial charge in [0.05, 0.1) is 6.42 Å². The molecular weight excluding hydrogens is 226 g/mol. The molecule has 1 aliphatic carbocycles. The number of carboxylic acids is 1. The summed E-state index contributed by atoms with van der Waals surface area (Å²) in [6.45, 7) is 2.56. The minimum atomic E-state index is -0.707. The van der Waals surface area contributed by atoms with Crippen LogP contribution in [0.15, 0.2) is 30.3 Å². The normalized spacial score (nSPS) is 15.6. The average Bonchev–Trinajstić information content (AvgIpc) is 2.31. The second kappa shape index (κ2) is 6.55. The third-order valence-corrected chi connectivity index (χ3v) is 3.63. The Morgan fingerprint density at radius 1 is 1.28 bits per heavy atom. The first-order valence-corrected chi connectivity index (χ1v) is 6.72. The maximum absolute atomic E-state index is 10.7. The van der Waals surface area contributed by atoms with Crippen LogP contribution in [0.1, 0.15) is 31.2 Å². The van der Waals surface area contributed by atoms with Crippen molar-refractivity contribution in [2.45, 2.75) is 32.2 Å². The van der Waals surface area contributed by atoms with Crippen LogP contribution in [0.3, 0.4) is 0 Å². The van der Waals surface area contributed by atoms with Gasteiger partial charge in [0.1, 0.15) is 0 Å². The zero-order chi connectivity index (χ0) is 12.8. The van der Waals surface area contributed by atoms with Gasteiger partial charge in [0.25, 0.3) is 0 Å². The lowest BCUT2D eigenvalue weighted by molar-refractivity contribution is -0.137. The predicted octanol–water partition coefficient (Wildman–Crippen LogP) is 2.76. The van der Waals surface area contributed by atoms with Crippen LogP contribution in [0, 0.1) is 5.92 Å². The minimum absolute atomic E-state index is 0.236. The molecule has 0 radical (unpaired) electrons. The third-order valence-electron chi connectivity index (χ3n) is 3.63. The van der Waals surface area contributed by atoms with E-state index in [0.29, 0.717) is 6.54 Å². The summed E-state index contributed by atoms with van der Waals surface area (Å²) < 4.78 is 0. The second-order valence-corrected chi connectivity index (χ2v) is 5.16. The number of nitrogens with zero attached hydrogens (tertiary/aromatic N) is 1. The molecule has 0 heterocycles. The van der Waals surface area contributed by atoms with Crippen molar-refractivity contribution in [1.82, 2.24) is 4.90 Å². The van der Waals surface area contributed by atoms with Gasteiger partial charge in [0.2, 0.25) is 0 Å². The molecule has 1 N–H and O–H groups in total. The van der Waals surface area contributed by atoms with Gasteiger partial charge in [0, 0.05) is 19.6 Å². The summed E-state index contributed by atoms with van der Waals surface area (Å²) in [7, 11) is 0. The lowest BCUT2D eigenvalue weighted by Crippen LogP contribution is -2.33. The Morgan fingerprint density at radius 3 is 2.56 bits per heavy atom. The summed E-state index contributed by atoms with van der Waals surface area (Å²) in [4.78, 5) is 13.0. The molecule has 3 nitrogen and oxygen atoms in total. The quantitative estimate of drug-likeness (QED) is 0.805. The van der Waals surface area contributed by atoms with E-state index in [2.05, 4.69) is 17.0 Å². The van der Waals surface area contributed by atoms with E-state index in [9.17, 15) is 4.79 Å². The SMILES string of the molecule is O=C(O)CCN(Cc1ccccc1)CC1CCC1. The molecule has 0 unspecified atom stereocenters. The fourth-order valence-electron chi connectivity index (χ4n) is 2.37. The van der Waals surface area contributed by atoms with Gasteiger partial charge >= 0.3 is 5.97 Å². The van der Waals surface area contributed by atoms with Crippen molar-refractivity contribution in [3.8, 4) is 0 Å². The number of carboxylic acid groups (broad SMARTS) is 1. The largest absolute Gasteiger partial charge is 0.481 e. The Morgan fingerprint density at radius 2 is 2.00 bits per heavy atom. The van der Waals surface area contributed by atoms with E-state index in [-0.39, 0.29) is 6.42 Å². The molecule has 0 saturated heterocycles. The van der Waals surface area contributed by atoms with Crippen LogP contribution in [0.2, 0.25) is 0 Å². The van der Waals surface area contributed by atoms with Crippen molar-refractivity contribution in [3.05, 3.63) is 35.9 Å². The van der Waals surface area contributed by atoms with E-state index in [1.807, 2.05) is 18.2 Å². The molecule has 18 heavy (non-hydrogen) atoms. The van der Waals surface area contributed by atoms with Crippen LogP contribution in [-0.2, 0) is 11.3 Å². The van der Waals surface area contributed by atoms with Gasteiger partial charge in [-0.05, 0) is 24.3 Å². The predicted molar refractivity (Wildman–Crippen MR) is 71.3 cm³/mol. The number of rotatable bonds is 7. The van der Waals surface area contributed by atoms with Crippen LogP contribution in [-0.4, -0.2) is 29.1 Å². The molecule has 1 fully saturated rings. The van der Waals surface area contributed by atoms with E-state index in [1.165, 1.54) is 24.8 Å². The number of hydrogen-bond donors (Lipinski definition) is 1. The summed E-state index contributed by atoms with van der Waals surface area (Å²) in [6, 6.07) is 10.3. The fourth-order valence-corrected chi connectivity index (χ4v) is 2.37. The van der Waals surface area contributed by atoms with Gasteiger partial charge in [-0.2, -0.15) is 0 Å². The molecule has 0 aromatic heterocycles.